The Morgan fingerprint density at radius 1 is 1.55 bits per heavy atom. The number of nitrogens with zero attached hydrogens (tertiary/aromatic N) is 3. The highest BCUT2D eigenvalue weighted by Gasteiger charge is 2.24. The largest absolute Gasteiger partial charge is 0.350 e. The smallest absolute Gasteiger partial charge is 0.185 e. The molecular weight excluding hydrogens is 268 g/mol. The van der Waals surface area contributed by atoms with Crippen molar-refractivity contribution < 1.29 is 0 Å². The topological polar surface area (TPSA) is 45.4 Å². The molecule has 0 aromatic carbocycles. The Hall–Kier alpha value is -0.650. The highest BCUT2D eigenvalue weighted by molar-refractivity contribution is 7.15. The zero-order valence-corrected chi connectivity index (χ0v) is 14.0. The van der Waals surface area contributed by atoms with E-state index in [0.29, 0.717) is 18.5 Å². The monoisotopic (exact) mass is 296 g/mol. The maximum atomic E-state index is 5.89. The molecule has 2 unspecified atom stereocenters. The van der Waals surface area contributed by atoms with Crippen LogP contribution in [0.1, 0.15) is 49.6 Å². The Balaban J connectivity index is 2.09. The van der Waals surface area contributed by atoms with Gasteiger partial charge in [0.15, 0.2) is 5.13 Å². The van der Waals surface area contributed by atoms with Crippen molar-refractivity contribution in [2.45, 2.75) is 51.6 Å². The molecule has 0 amide bonds. The van der Waals surface area contributed by atoms with E-state index in [-0.39, 0.29) is 0 Å². The summed E-state index contributed by atoms with van der Waals surface area (Å²) in [5.74, 6) is 0.501. The molecule has 2 N–H and O–H groups in total. The van der Waals surface area contributed by atoms with Gasteiger partial charge in [-0.15, -0.1) is 11.3 Å². The molecule has 2 rings (SSSR count). The molecule has 0 saturated carbocycles. The minimum Gasteiger partial charge on any atom is -0.350 e. The first kappa shape index (κ1) is 15.7. The van der Waals surface area contributed by atoms with Crippen molar-refractivity contribution in [2.75, 3.05) is 32.1 Å². The first-order valence-corrected chi connectivity index (χ1v) is 8.49. The van der Waals surface area contributed by atoms with Gasteiger partial charge in [-0.2, -0.15) is 0 Å². The summed E-state index contributed by atoms with van der Waals surface area (Å²) in [4.78, 5) is 10.9. The zero-order chi connectivity index (χ0) is 14.7. The normalized spacial score (nSPS) is 21.4. The van der Waals surface area contributed by atoms with Gasteiger partial charge in [-0.1, -0.05) is 13.8 Å². The lowest BCUT2D eigenvalue weighted by Crippen LogP contribution is -2.36. The molecule has 0 spiro atoms. The van der Waals surface area contributed by atoms with Crippen molar-refractivity contribution in [3.05, 3.63) is 10.6 Å². The van der Waals surface area contributed by atoms with Gasteiger partial charge in [0, 0.05) is 31.1 Å². The van der Waals surface area contributed by atoms with Crippen molar-refractivity contribution in [1.29, 1.82) is 0 Å². The lowest BCUT2D eigenvalue weighted by atomic mass is 10.0. The van der Waals surface area contributed by atoms with Gasteiger partial charge in [0.05, 0.1) is 5.69 Å². The fourth-order valence-electron chi connectivity index (χ4n) is 2.84. The molecule has 4 nitrogen and oxygen atoms in total. The molecule has 1 fully saturated rings. The molecule has 0 aliphatic carbocycles. The molecule has 2 atom stereocenters. The van der Waals surface area contributed by atoms with E-state index >= 15 is 0 Å². The van der Waals surface area contributed by atoms with Crippen LogP contribution in [0, 0.1) is 0 Å². The van der Waals surface area contributed by atoms with E-state index in [4.69, 9.17) is 10.7 Å². The van der Waals surface area contributed by atoms with Crippen LogP contribution in [0.3, 0.4) is 0 Å². The number of likely N-dealkylation sites (tertiary alicyclic amines) is 1. The minimum atomic E-state index is 0.501. The van der Waals surface area contributed by atoms with Crippen LogP contribution >= 0.6 is 11.3 Å². The summed E-state index contributed by atoms with van der Waals surface area (Å²) in [5.41, 5.74) is 7.10. The van der Waals surface area contributed by atoms with E-state index in [1.807, 2.05) is 0 Å². The van der Waals surface area contributed by atoms with E-state index in [1.54, 1.807) is 11.3 Å². The summed E-state index contributed by atoms with van der Waals surface area (Å²) in [5, 5.41) is 1.13. The third kappa shape index (κ3) is 3.32. The average molecular weight is 296 g/mol. The molecule has 1 aromatic rings. The number of thiazole rings is 1. The first-order chi connectivity index (χ1) is 9.56. The Morgan fingerprint density at radius 2 is 2.30 bits per heavy atom. The maximum Gasteiger partial charge on any atom is 0.185 e. The summed E-state index contributed by atoms with van der Waals surface area (Å²) >= 11 is 1.77. The second-order valence-corrected chi connectivity index (χ2v) is 7.04. The van der Waals surface area contributed by atoms with Crippen molar-refractivity contribution in [3.63, 3.8) is 0 Å². The third-order valence-electron chi connectivity index (χ3n) is 4.46. The van der Waals surface area contributed by atoms with Crippen LogP contribution in [0.2, 0.25) is 0 Å². The van der Waals surface area contributed by atoms with Crippen LogP contribution in [0.4, 0.5) is 5.13 Å². The predicted molar refractivity (Wildman–Crippen MR) is 87.6 cm³/mol. The van der Waals surface area contributed by atoms with E-state index < -0.39 is 0 Å². The third-order valence-corrected chi connectivity index (χ3v) is 5.67. The van der Waals surface area contributed by atoms with Gasteiger partial charge in [-0.25, -0.2) is 4.98 Å². The zero-order valence-electron chi connectivity index (χ0n) is 13.2. The molecule has 114 valence electrons. The number of hydrogen-bond donors (Lipinski definition) is 1. The second kappa shape index (κ2) is 6.87. The number of hydrogen-bond acceptors (Lipinski definition) is 5. The average Bonchev–Trinajstić information content (AvgIpc) is 3.04. The van der Waals surface area contributed by atoms with Gasteiger partial charge in [0.2, 0.25) is 0 Å². The molecule has 1 aliphatic rings. The first-order valence-electron chi connectivity index (χ1n) is 7.67. The van der Waals surface area contributed by atoms with Gasteiger partial charge in [-0.3, -0.25) is 0 Å². The summed E-state index contributed by atoms with van der Waals surface area (Å²) in [6, 6.07) is 0.664. The van der Waals surface area contributed by atoms with E-state index in [1.165, 1.54) is 30.0 Å². The summed E-state index contributed by atoms with van der Waals surface area (Å²) < 4.78 is 0. The summed E-state index contributed by atoms with van der Waals surface area (Å²) in [7, 11) is 4.38. The molecule has 20 heavy (non-hydrogen) atoms. The van der Waals surface area contributed by atoms with Crippen molar-refractivity contribution in [1.82, 2.24) is 9.88 Å². The van der Waals surface area contributed by atoms with Crippen LogP contribution < -0.4 is 10.6 Å². The maximum absolute atomic E-state index is 5.89. The molecule has 5 heteroatoms. The van der Waals surface area contributed by atoms with Gasteiger partial charge < -0.3 is 15.5 Å². The predicted octanol–water partition coefficient (Wildman–Crippen LogP) is 2.65. The lowest BCUT2D eigenvalue weighted by molar-refractivity contribution is 0.314. The molecule has 1 aromatic heterocycles. The van der Waals surface area contributed by atoms with Gasteiger partial charge in [0.25, 0.3) is 0 Å². The molecule has 0 radical (unpaired) electrons. The summed E-state index contributed by atoms with van der Waals surface area (Å²) in [6.45, 7) is 7.34. The number of likely N-dealkylation sites (N-methyl/N-ethyl adjacent to an activating group) is 2. The highest BCUT2D eigenvalue weighted by Crippen LogP contribution is 2.32. The number of anilines is 1. The van der Waals surface area contributed by atoms with Crippen molar-refractivity contribution in [2.24, 2.45) is 5.73 Å². The minimum absolute atomic E-state index is 0.501. The molecule has 0 bridgehead atoms. The molecule has 1 aliphatic heterocycles. The fourth-order valence-corrected chi connectivity index (χ4v) is 3.87. The van der Waals surface area contributed by atoms with Crippen molar-refractivity contribution >= 4 is 16.5 Å². The lowest BCUT2D eigenvalue weighted by Gasteiger charge is -2.25. The number of nitrogens with two attached hydrogens (primary N) is 1. The van der Waals surface area contributed by atoms with E-state index in [2.05, 4.69) is 37.7 Å². The second-order valence-electron chi connectivity index (χ2n) is 5.98. The Labute approximate surface area is 127 Å². The van der Waals surface area contributed by atoms with Crippen LogP contribution in [-0.2, 0) is 6.54 Å². The number of rotatable bonds is 6. The van der Waals surface area contributed by atoms with Crippen LogP contribution in [0.5, 0.6) is 0 Å². The molecular formula is C15H28N4S. The Kier molecular flexibility index (Phi) is 5.41. The molecule has 2 heterocycles. The SMILES string of the molecule is CCC(C)c1nc(N(C)CC2CCCN2C)sc1CN. The Bertz CT molecular complexity index is 432. The van der Waals surface area contributed by atoms with Gasteiger partial charge in [0.1, 0.15) is 0 Å². The van der Waals surface area contributed by atoms with Gasteiger partial charge in [-0.05, 0) is 38.8 Å². The van der Waals surface area contributed by atoms with Crippen LogP contribution in [0.15, 0.2) is 0 Å². The van der Waals surface area contributed by atoms with Crippen molar-refractivity contribution in [3.8, 4) is 0 Å². The quantitative estimate of drug-likeness (QED) is 0.876. The Morgan fingerprint density at radius 3 is 2.85 bits per heavy atom. The molecule has 1 saturated heterocycles. The highest BCUT2D eigenvalue weighted by atomic mass is 32.1. The van der Waals surface area contributed by atoms with E-state index in [9.17, 15) is 0 Å². The van der Waals surface area contributed by atoms with Crippen LogP contribution in [-0.4, -0.2) is 43.1 Å². The standard InChI is InChI=1S/C15H28N4S/c1-5-11(2)14-13(9-16)20-15(17-14)19(4)10-12-7-6-8-18(12)3/h11-12H,5-10,16H2,1-4H3. The van der Waals surface area contributed by atoms with E-state index in [0.717, 1.165) is 18.1 Å². The fraction of sp³-hybridized carbons (Fsp3) is 0.800. The van der Waals surface area contributed by atoms with Gasteiger partial charge >= 0.3 is 0 Å². The number of aromatic nitrogens is 1. The van der Waals surface area contributed by atoms with Crippen LogP contribution in [0.25, 0.3) is 0 Å². The summed E-state index contributed by atoms with van der Waals surface area (Å²) in [6.07, 6.45) is 3.73.